The topological polar surface area (TPSA) is 77.0 Å². The molecule has 1 aromatic heterocycles. The standard InChI is InChI=1S/C19H19N3O2S2/c1-12-9-17(23)21-19(14(12)10-20)25-11-18(24)22-8-7-13(2)26-16-6-4-3-5-15(16)22/h3-6,9,13H,7-8,11H2,1-2H3,(H,21,23). The maximum absolute atomic E-state index is 12.9. The number of aryl methyl sites for hydroxylation is 1. The fourth-order valence-electron chi connectivity index (χ4n) is 2.86. The van der Waals surface area contributed by atoms with Gasteiger partial charge in [0, 0.05) is 22.8 Å². The Kier molecular flexibility index (Phi) is 5.74. The van der Waals surface area contributed by atoms with E-state index in [1.165, 1.54) is 17.8 Å². The van der Waals surface area contributed by atoms with Crippen molar-refractivity contribution in [2.75, 3.05) is 17.2 Å². The predicted molar refractivity (Wildman–Crippen MR) is 106 cm³/mol. The third-order valence-electron chi connectivity index (χ3n) is 4.20. The van der Waals surface area contributed by atoms with Crippen molar-refractivity contribution in [3.63, 3.8) is 0 Å². The van der Waals surface area contributed by atoms with E-state index in [9.17, 15) is 14.9 Å². The molecular weight excluding hydrogens is 366 g/mol. The molecule has 7 heteroatoms. The number of aromatic amines is 1. The van der Waals surface area contributed by atoms with Crippen molar-refractivity contribution in [1.82, 2.24) is 4.98 Å². The molecule has 5 nitrogen and oxygen atoms in total. The SMILES string of the molecule is Cc1cc(=O)[nH]c(SCC(=O)N2CCC(C)Sc3ccccc32)c1C#N. The summed E-state index contributed by atoms with van der Waals surface area (Å²) in [6, 6.07) is 11.4. The first kappa shape index (κ1) is 18.6. The van der Waals surface area contributed by atoms with Gasteiger partial charge in [-0.1, -0.05) is 30.8 Å². The van der Waals surface area contributed by atoms with Crippen LogP contribution < -0.4 is 10.5 Å². The molecule has 1 aliphatic heterocycles. The summed E-state index contributed by atoms with van der Waals surface area (Å²) in [5.74, 6) is 0.143. The van der Waals surface area contributed by atoms with Gasteiger partial charge in [-0.3, -0.25) is 9.59 Å². The molecule has 0 saturated heterocycles. The number of thioether (sulfide) groups is 2. The number of carbonyl (C=O) groups is 1. The second kappa shape index (κ2) is 8.02. The van der Waals surface area contributed by atoms with Crippen LogP contribution in [-0.4, -0.2) is 28.4 Å². The number of benzene rings is 1. The zero-order chi connectivity index (χ0) is 18.7. The van der Waals surface area contributed by atoms with Crippen molar-refractivity contribution in [2.45, 2.75) is 35.4 Å². The number of nitriles is 1. The highest BCUT2D eigenvalue weighted by atomic mass is 32.2. The van der Waals surface area contributed by atoms with E-state index in [1.807, 2.05) is 29.2 Å². The van der Waals surface area contributed by atoms with Gasteiger partial charge in [0.2, 0.25) is 11.5 Å². The molecule has 0 fully saturated rings. The highest BCUT2D eigenvalue weighted by Gasteiger charge is 2.24. The lowest BCUT2D eigenvalue weighted by molar-refractivity contribution is -0.116. The number of nitrogens with one attached hydrogen (secondary N) is 1. The van der Waals surface area contributed by atoms with Crippen molar-refractivity contribution < 1.29 is 4.79 Å². The van der Waals surface area contributed by atoms with Crippen LogP contribution in [0.5, 0.6) is 0 Å². The van der Waals surface area contributed by atoms with Crippen LogP contribution in [0.2, 0.25) is 0 Å². The van der Waals surface area contributed by atoms with Gasteiger partial charge < -0.3 is 9.88 Å². The lowest BCUT2D eigenvalue weighted by Crippen LogP contribution is -2.33. The van der Waals surface area contributed by atoms with Crippen molar-refractivity contribution in [3.05, 3.63) is 51.8 Å². The van der Waals surface area contributed by atoms with Crippen LogP contribution in [0.25, 0.3) is 0 Å². The zero-order valence-corrected chi connectivity index (χ0v) is 16.2. The molecule has 1 aromatic carbocycles. The summed E-state index contributed by atoms with van der Waals surface area (Å²) in [6.07, 6.45) is 0.917. The van der Waals surface area contributed by atoms with E-state index in [0.29, 0.717) is 27.9 Å². The minimum Gasteiger partial charge on any atom is -0.316 e. The van der Waals surface area contributed by atoms with Gasteiger partial charge in [-0.2, -0.15) is 5.26 Å². The highest BCUT2D eigenvalue weighted by molar-refractivity contribution is 8.00. The Bertz CT molecular complexity index is 933. The minimum atomic E-state index is -0.262. The fraction of sp³-hybridized carbons (Fsp3) is 0.316. The number of carbonyl (C=O) groups excluding carboxylic acids is 1. The monoisotopic (exact) mass is 385 g/mol. The second-order valence-corrected chi connectivity index (χ2v) is 8.62. The molecule has 0 radical (unpaired) electrons. The molecule has 1 atom stereocenters. The fourth-order valence-corrected chi connectivity index (χ4v) is 4.92. The van der Waals surface area contributed by atoms with Gasteiger partial charge in [0.25, 0.3) is 0 Å². The van der Waals surface area contributed by atoms with Gasteiger partial charge in [-0.15, -0.1) is 11.8 Å². The van der Waals surface area contributed by atoms with Crippen molar-refractivity contribution in [1.29, 1.82) is 5.26 Å². The summed E-state index contributed by atoms with van der Waals surface area (Å²) in [4.78, 5) is 30.2. The van der Waals surface area contributed by atoms with Crippen LogP contribution in [0.15, 0.2) is 45.0 Å². The van der Waals surface area contributed by atoms with Crippen LogP contribution in [0, 0.1) is 18.3 Å². The molecule has 1 N–H and O–H groups in total. The molecule has 134 valence electrons. The molecular formula is C19H19N3O2S2. The predicted octanol–water partition coefficient (Wildman–Crippen LogP) is 3.56. The Morgan fingerprint density at radius 1 is 1.46 bits per heavy atom. The number of anilines is 1. The number of hydrogen-bond donors (Lipinski definition) is 1. The first-order chi connectivity index (χ1) is 12.5. The number of nitrogens with zero attached hydrogens (tertiary/aromatic N) is 2. The Labute approximate surface area is 160 Å². The van der Waals surface area contributed by atoms with E-state index in [0.717, 1.165) is 17.0 Å². The normalized spacial score (nSPS) is 16.5. The summed E-state index contributed by atoms with van der Waals surface area (Å²) in [7, 11) is 0. The molecule has 3 rings (SSSR count). The molecule has 1 amide bonds. The Morgan fingerprint density at radius 2 is 2.23 bits per heavy atom. The van der Waals surface area contributed by atoms with Crippen molar-refractivity contribution in [3.8, 4) is 6.07 Å². The number of para-hydroxylation sites is 1. The van der Waals surface area contributed by atoms with E-state index in [-0.39, 0.29) is 17.2 Å². The van der Waals surface area contributed by atoms with E-state index < -0.39 is 0 Å². The van der Waals surface area contributed by atoms with E-state index >= 15 is 0 Å². The average Bonchev–Trinajstić information content (AvgIpc) is 2.77. The average molecular weight is 386 g/mol. The molecule has 0 saturated carbocycles. The first-order valence-corrected chi connectivity index (χ1v) is 10.2. The lowest BCUT2D eigenvalue weighted by atomic mass is 10.2. The number of rotatable bonds is 3. The molecule has 0 bridgehead atoms. The van der Waals surface area contributed by atoms with Gasteiger partial charge in [0.1, 0.15) is 6.07 Å². The number of fused-ring (bicyclic) bond motifs is 1. The third-order valence-corrected chi connectivity index (χ3v) is 6.43. The minimum absolute atomic E-state index is 0.0246. The number of hydrogen-bond acceptors (Lipinski definition) is 5. The summed E-state index contributed by atoms with van der Waals surface area (Å²) in [6.45, 7) is 4.56. The van der Waals surface area contributed by atoms with Gasteiger partial charge >= 0.3 is 0 Å². The van der Waals surface area contributed by atoms with E-state index in [2.05, 4.69) is 18.0 Å². The number of H-pyrrole nitrogens is 1. The quantitative estimate of drug-likeness (QED) is 0.818. The molecule has 2 heterocycles. The van der Waals surface area contributed by atoms with Crippen molar-refractivity contribution in [2.24, 2.45) is 0 Å². The number of aromatic nitrogens is 1. The number of amides is 1. The maximum Gasteiger partial charge on any atom is 0.249 e. The summed E-state index contributed by atoms with van der Waals surface area (Å²) in [5, 5.41) is 10.2. The molecule has 0 spiro atoms. The molecule has 2 aromatic rings. The van der Waals surface area contributed by atoms with Gasteiger partial charge in [0.05, 0.1) is 22.0 Å². The van der Waals surface area contributed by atoms with Crippen LogP contribution in [0.3, 0.4) is 0 Å². The third kappa shape index (κ3) is 3.97. The maximum atomic E-state index is 12.9. The van der Waals surface area contributed by atoms with E-state index in [4.69, 9.17) is 0 Å². The van der Waals surface area contributed by atoms with Gasteiger partial charge in [-0.05, 0) is 31.0 Å². The molecule has 26 heavy (non-hydrogen) atoms. The number of pyridine rings is 1. The first-order valence-electron chi connectivity index (χ1n) is 8.32. The van der Waals surface area contributed by atoms with Gasteiger partial charge in [-0.25, -0.2) is 0 Å². The molecule has 1 aliphatic rings. The summed E-state index contributed by atoms with van der Waals surface area (Å²) in [5.41, 5.74) is 1.71. The second-order valence-electron chi connectivity index (χ2n) is 6.15. The Balaban J connectivity index is 1.81. The lowest BCUT2D eigenvalue weighted by Gasteiger charge is -2.22. The highest BCUT2D eigenvalue weighted by Crippen LogP contribution is 2.37. The Hall–Kier alpha value is -2.17. The Morgan fingerprint density at radius 3 is 3.00 bits per heavy atom. The van der Waals surface area contributed by atoms with Crippen LogP contribution in [0.4, 0.5) is 5.69 Å². The summed E-state index contributed by atoms with van der Waals surface area (Å²) >= 11 is 2.99. The largest absolute Gasteiger partial charge is 0.316 e. The van der Waals surface area contributed by atoms with Crippen LogP contribution in [-0.2, 0) is 4.79 Å². The zero-order valence-electron chi connectivity index (χ0n) is 14.6. The van der Waals surface area contributed by atoms with Crippen LogP contribution >= 0.6 is 23.5 Å². The molecule has 1 unspecified atom stereocenters. The van der Waals surface area contributed by atoms with Gasteiger partial charge in [0.15, 0.2) is 0 Å². The molecule has 0 aliphatic carbocycles. The summed E-state index contributed by atoms with van der Waals surface area (Å²) < 4.78 is 0. The smallest absolute Gasteiger partial charge is 0.249 e. The van der Waals surface area contributed by atoms with Crippen LogP contribution in [0.1, 0.15) is 24.5 Å². The van der Waals surface area contributed by atoms with E-state index in [1.54, 1.807) is 18.7 Å². The van der Waals surface area contributed by atoms with Crippen molar-refractivity contribution >= 4 is 35.1 Å².